The molecule has 1 saturated heterocycles. The number of nitrogens with zero attached hydrogens (tertiary/aromatic N) is 2. The first-order chi connectivity index (χ1) is 13.1. The van der Waals surface area contributed by atoms with Crippen molar-refractivity contribution in [3.63, 3.8) is 0 Å². The predicted octanol–water partition coefficient (Wildman–Crippen LogP) is 3.31. The molecule has 1 aromatic rings. The minimum atomic E-state index is -1.46. The Morgan fingerprint density at radius 3 is 2.52 bits per heavy atom. The molecular weight excluding hydrogens is 362 g/mol. The van der Waals surface area contributed by atoms with Crippen LogP contribution in [0.15, 0.2) is 35.5 Å². The number of hydrogen-bond donors (Lipinski definition) is 1. The molecule has 1 aromatic carbocycles. The maximum atomic E-state index is 13.5. The van der Waals surface area contributed by atoms with E-state index in [1.807, 2.05) is 12.1 Å². The summed E-state index contributed by atoms with van der Waals surface area (Å²) in [5, 5.41) is 14.0. The van der Waals surface area contributed by atoms with Crippen LogP contribution in [-0.2, 0) is 9.59 Å². The Hall–Kier alpha value is -2.32. The molecule has 2 heterocycles. The van der Waals surface area contributed by atoms with Crippen LogP contribution in [0.25, 0.3) is 0 Å². The monoisotopic (exact) mass is 383 g/mol. The number of benzene rings is 1. The first kappa shape index (κ1) is 18.1. The average molecular weight is 384 g/mol. The molecule has 2 aliphatic heterocycles. The van der Waals surface area contributed by atoms with Crippen LogP contribution in [0.2, 0.25) is 5.02 Å². The van der Waals surface area contributed by atoms with Crippen molar-refractivity contribution < 1.29 is 9.59 Å². The maximum Gasteiger partial charge on any atom is 0.264 e. The van der Waals surface area contributed by atoms with Gasteiger partial charge in [-0.2, -0.15) is 5.26 Å². The number of ketones is 1. The summed E-state index contributed by atoms with van der Waals surface area (Å²) in [6, 6.07) is 9.42. The average Bonchev–Trinajstić information content (AvgIpc) is 3.05. The van der Waals surface area contributed by atoms with Crippen LogP contribution in [0.5, 0.6) is 0 Å². The van der Waals surface area contributed by atoms with Crippen LogP contribution in [0, 0.1) is 11.3 Å². The van der Waals surface area contributed by atoms with Gasteiger partial charge in [-0.05, 0) is 49.8 Å². The first-order valence-corrected chi connectivity index (χ1v) is 9.95. The number of likely N-dealkylation sites (tertiary alicyclic amines) is 1. The zero-order chi connectivity index (χ0) is 19.0. The fourth-order valence-corrected chi connectivity index (χ4v) is 4.72. The number of nitriles is 1. The van der Waals surface area contributed by atoms with E-state index < -0.39 is 11.5 Å². The maximum absolute atomic E-state index is 13.5. The lowest BCUT2D eigenvalue weighted by Crippen LogP contribution is -2.58. The van der Waals surface area contributed by atoms with Gasteiger partial charge < -0.3 is 10.2 Å². The highest BCUT2D eigenvalue weighted by atomic mass is 35.5. The number of Topliss-reactive ketones (excluding diaryl/α,β-unsaturated/α-hetero) is 1. The zero-order valence-corrected chi connectivity index (χ0v) is 15.9. The highest BCUT2D eigenvalue weighted by molar-refractivity contribution is 6.30. The summed E-state index contributed by atoms with van der Waals surface area (Å²) in [5.74, 6) is -0.781. The summed E-state index contributed by atoms with van der Waals surface area (Å²) < 4.78 is 0. The number of allylic oxidation sites excluding steroid dienone is 1. The van der Waals surface area contributed by atoms with Crippen LogP contribution >= 0.6 is 11.6 Å². The summed E-state index contributed by atoms with van der Waals surface area (Å²) in [5.41, 5.74) is 0.684. The Morgan fingerprint density at radius 2 is 1.85 bits per heavy atom. The van der Waals surface area contributed by atoms with Crippen molar-refractivity contribution in [3.05, 3.63) is 46.1 Å². The topological polar surface area (TPSA) is 73.2 Å². The van der Waals surface area contributed by atoms with Crippen molar-refractivity contribution in [1.29, 1.82) is 5.26 Å². The number of nitrogens with one attached hydrogen (secondary N) is 1. The van der Waals surface area contributed by atoms with Crippen molar-refractivity contribution in [2.75, 3.05) is 13.1 Å². The van der Waals surface area contributed by atoms with E-state index in [1.165, 1.54) is 0 Å². The standard InChI is InChI=1S/C21H22ClN3O2/c22-15-9-7-14(8-10-15)19-18-16(5-4-6-17(18)26)24-21(19,13-23)20(27)25-11-2-1-3-12-25/h7-10,19,24H,1-6,11-12H2. The highest BCUT2D eigenvalue weighted by Gasteiger charge is 2.57. The molecule has 6 heteroatoms. The quantitative estimate of drug-likeness (QED) is 0.850. The summed E-state index contributed by atoms with van der Waals surface area (Å²) in [6.07, 6.45) is 4.91. The van der Waals surface area contributed by atoms with Gasteiger partial charge in [-0.25, -0.2) is 0 Å². The third kappa shape index (κ3) is 2.93. The van der Waals surface area contributed by atoms with Crippen molar-refractivity contribution >= 4 is 23.3 Å². The lowest BCUT2D eigenvalue weighted by molar-refractivity contribution is -0.137. The molecule has 27 heavy (non-hydrogen) atoms. The van der Waals surface area contributed by atoms with Gasteiger partial charge in [0.15, 0.2) is 5.78 Å². The summed E-state index contributed by atoms with van der Waals surface area (Å²) >= 11 is 6.04. The van der Waals surface area contributed by atoms with Crippen LogP contribution in [0.3, 0.4) is 0 Å². The summed E-state index contributed by atoms with van der Waals surface area (Å²) in [7, 11) is 0. The summed E-state index contributed by atoms with van der Waals surface area (Å²) in [4.78, 5) is 28.1. The number of carbonyl (C=O) groups excluding carboxylic acids is 2. The van der Waals surface area contributed by atoms with E-state index in [1.54, 1.807) is 17.0 Å². The molecule has 1 aliphatic carbocycles. The van der Waals surface area contributed by atoms with Crippen LogP contribution in [-0.4, -0.2) is 35.2 Å². The van der Waals surface area contributed by atoms with Gasteiger partial charge >= 0.3 is 0 Å². The van der Waals surface area contributed by atoms with Gasteiger partial charge in [-0.1, -0.05) is 23.7 Å². The molecule has 140 valence electrons. The Balaban J connectivity index is 1.82. The number of rotatable bonds is 2. The minimum absolute atomic E-state index is 0.0345. The van der Waals surface area contributed by atoms with E-state index in [-0.39, 0.29) is 11.7 Å². The minimum Gasteiger partial charge on any atom is -0.362 e. The SMILES string of the molecule is N#CC1(C(=O)N2CCCCC2)NC2=C(C(=O)CCC2)C1c1ccc(Cl)cc1. The second-order valence-corrected chi connectivity index (χ2v) is 7.99. The number of piperidine rings is 1. The third-order valence-corrected chi connectivity index (χ3v) is 6.14. The Kier molecular flexibility index (Phi) is 4.69. The number of carbonyl (C=O) groups is 2. The van der Waals surface area contributed by atoms with E-state index in [2.05, 4.69) is 11.4 Å². The van der Waals surface area contributed by atoms with Gasteiger partial charge in [0.1, 0.15) is 6.07 Å². The molecule has 0 spiro atoms. The van der Waals surface area contributed by atoms with Gasteiger partial charge in [-0.15, -0.1) is 0 Å². The third-order valence-electron chi connectivity index (χ3n) is 5.89. The van der Waals surface area contributed by atoms with E-state index >= 15 is 0 Å². The second kappa shape index (κ2) is 7.01. The Bertz CT molecular complexity index is 849. The summed E-state index contributed by atoms with van der Waals surface area (Å²) in [6.45, 7) is 1.33. The van der Waals surface area contributed by atoms with E-state index in [0.717, 1.165) is 36.9 Å². The lowest BCUT2D eigenvalue weighted by Gasteiger charge is -2.36. The van der Waals surface area contributed by atoms with Crippen molar-refractivity contribution in [2.45, 2.75) is 50.0 Å². The number of halogens is 1. The Labute approximate surface area is 164 Å². The molecule has 0 bridgehead atoms. The van der Waals surface area contributed by atoms with E-state index in [4.69, 9.17) is 11.6 Å². The molecule has 1 amide bonds. The lowest BCUT2D eigenvalue weighted by atomic mass is 9.74. The number of amides is 1. The molecule has 2 unspecified atom stereocenters. The second-order valence-electron chi connectivity index (χ2n) is 7.55. The molecule has 0 saturated carbocycles. The molecular formula is C21H22ClN3O2. The number of hydrogen-bond acceptors (Lipinski definition) is 4. The molecule has 5 nitrogen and oxygen atoms in total. The van der Waals surface area contributed by atoms with E-state index in [0.29, 0.717) is 36.5 Å². The highest BCUT2D eigenvalue weighted by Crippen LogP contribution is 2.47. The van der Waals surface area contributed by atoms with Gasteiger partial charge in [0.2, 0.25) is 5.54 Å². The fourth-order valence-electron chi connectivity index (χ4n) is 4.59. The van der Waals surface area contributed by atoms with Crippen LogP contribution < -0.4 is 5.32 Å². The van der Waals surface area contributed by atoms with Crippen molar-refractivity contribution in [1.82, 2.24) is 10.2 Å². The molecule has 4 rings (SSSR count). The largest absolute Gasteiger partial charge is 0.362 e. The molecule has 2 atom stereocenters. The van der Waals surface area contributed by atoms with E-state index in [9.17, 15) is 14.9 Å². The Morgan fingerprint density at radius 1 is 1.15 bits per heavy atom. The molecule has 1 fully saturated rings. The normalized spacial score (nSPS) is 27.8. The smallest absolute Gasteiger partial charge is 0.264 e. The van der Waals surface area contributed by atoms with Gasteiger partial charge in [0.05, 0.1) is 5.92 Å². The fraction of sp³-hybridized carbons (Fsp3) is 0.476. The first-order valence-electron chi connectivity index (χ1n) is 9.57. The molecule has 0 radical (unpaired) electrons. The molecule has 3 aliphatic rings. The molecule has 0 aromatic heterocycles. The van der Waals surface area contributed by atoms with Gasteiger partial charge in [-0.3, -0.25) is 9.59 Å². The van der Waals surface area contributed by atoms with Gasteiger partial charge in [0, 0.05) is 35.8 Å². The van der Waals surface area contributed by atoms with Crippen LogP contribution in [0.4, 0.5) is 0 Å². The van der Waals surface area contributed by atoms with Crippen LogP contribution in [0.1, 0.15) is 50.0 Å². The predicted molar refractivity (Wildman–Crippen MR) is 102 cm³/mol. The van der Waals surface area contributed by atoms with Crippen molar-refractivity contribution in [2.24, 2.45) is 0 Å². The zero-order valence-electron chi connectivity index (χ0n) is 15.1. The van der Waals surface area contributed by atoms with Gasteiger partial charge in [0.25, 0.3) is 5.91 Å². The molecule has 1 N–H and O–H groups in total. The van der Waals surface area contributed by atoms with Crippen molar-refractivity contribution in [3.8, 4) is 6.07 Å².